The second-order valence-corrected chi connectivity index (χ2v) is 5.43. The first-order valence-corrected chi connectivity index (χ1v) is 7.41. The van der Waals surface area contributed by atoms with Gasteiger partial charge in [0.2, 0.25) is 0 Å². The molecule has 2 atom stereocenters. The van der Waals surface area contributed by atoms with Gasteiger partial charge in [0.25, 0.3) is 0 Å². The molecule has 1 aliphatic rings. The van der Waals surface area contributed by atoms with E-state index in [1.165, 1.54) is 6.33 Å². The molecule has 1 heterocycles. The molecule has 1 aromatic heterocycles. The molecule has 20 heavy (non-hydrogen) atoms. The number of hydrogen-bond acceptors (Lipinski definition) is 4. The smallest absolute Gasteiger partial charge is 0.186 e. The Morgan fingerprint density at radius 1 is 1.35 bits per heavy atom. The molecule has 5 heteroatoms. The zero-order chi connectivity index (χ0) is 14.8. The average Bonchev–Trinajstić information content (AvgIpc) is 2.46. The Bertz CT molecular complexity index is 462. The fourth-order valence-electron chi connectivity index (χ4n) is 3.40. The maximum absolute atomic E-state index is 14.2. The first-order chi connectivity index (χ1) is 9.62. The van der Waals surface area contributed by atoms with Crippen LogP contribution in [0.2, 0.25) is 0 Å². The van der Waals surface area contributed by atoms with E-state index >= 15 is 0 Å². The predicted molar refractivity (Wildman–Crippen MR) is 77.2 cm³/mol. The number of anilines is 1. The molecule has 1 N–H and O–H groups in total. The Hall–Kier alpha value is -1.23. The minimum absolute atomic E-state index is 0.0680. The quantitative estimate of drug-likeness (QED) is 0.870. The average molecular weight is 281 g/mol. The second kappa shape index (κ2) is 6.04. The van der Waals surface area contributed by atoms with Crippen molar-refractivity contribution in [2.24, 2.45) is 5.41 Å². The van der Waals surface area contributed by atoms with Gasteiger partial charge in [-0.05, 0) is 25.7 Å². The van der Waals surface area contributed by atoms with Crippen molar-refractivity contribution in [3.05, 3.63) is 17.8 Å². The summed E-state index contributed by atoms with van der Waals surface area (Å²) in [5, 5.41) is 3.27. The third-order valence-corrected chi connectivity index (χ3v) is 4.89. The zero-order valence-electron chi connectivity index (χ0n) is 12.7. The number of rotatable bonds is 6. The number of nitrogens with zero attached hydrogens (tertiary/aromatic N) is 2. The molecule has 0 radical (unpaired) electrons. The third kappa shape index (κ3) is 2.28. The highest BCUT2D eigenvalue weighted by Crippen LogP contribution is 2.49. The van der Waals surface area contributed by atoms with Crippen LogP contribution in [0.3, 0.4) is 0 Å². The van der Waals surface area contributed by atoms with Crippen LogP contribution in [0.15, 0.2) is 6.33 Å². The van der Waals surface area contributed by atoms with E-state index in [0.717, 1.165) is 19.3 Å². The summed E-state index contributed by atoms with van der Waals surface area (Å²) >= 11 is 0. The minimum Gasteiger partial charge on any atom is -0.381 e. The summed E-state index contributed by atoms with van der Waals surface area (Å²) < 4.78 is 19.8. The van der Waals surface area contributed by atoms with E-state index in [1.807, 2.05) is 6.92 Å². The van der Waals surface area contributed by atoms with Gasteiger partial charge in [-0.3, -0.25) is 0 Å². The number of ether oxygens (including phenoxy) is 1. The van der Waals surface area contributed by atoms with Gasteiger partial charge in [-0.15, -0.1) is 0 Å². The molecule has 1 aliphatic carbocycles. The van der Waals surface area contributed by atoms with Crippen LogP contribution in [0, 0.1) is 11.2 Å². The largest absolute Gasteiger partial charge is 0.381 e. The highest BCUT2D eigenvalue weighted by atomic mass is 19.1. The van der Waals surface area contributed by atoms with Crippen LogP contribution in [-0.2, 0) is 11.2 Å². The van der Waals surface area contributed by atoms with Crippen molar-refractivity contribution in [3.63, 3.8) is 0 Å². The van der Waals surface area contributed by atoms with Gasteiger partial charge in [0.1, 0.15) is 6.33 Å². The van der Waals surface area contributed by atoms with Gasteiger partial charge in [-0.2, -0.15) is 0 Å². The monoisotopic (exact) mass is 281 g/mol. The highest BCUT2D eigenvalue weighted by molar-refractivity contribution is 5.40. The number of halogens is 1. The maximum atomic E-state index is 14.2. The standard InChI is InChI=1S/C15H24FN3O/c1-5-10-13(16)14(18-9-17-10)19-11-8-12(20-4)15(11,6-2)7-3/h9,11-12H,5-8H2,1-4H3,(H,17,18,19). The predicted octanol–water partition coefficient (Wildman–Crippen LogP) is 3.18. The molecule has 0 amide bonds. The second-order valence-electron chi connectivity index (χ2n) is 5.43. The molecule has 1 fully saturated rings. The van der Waals surface area contributed by atoms with Crippen molar-refractivity contribution >= 4 is 5.82 Å². The number of methoxy groups -OCH3 is 1. The summed E-state index contributed by atoms with van der Waals surface area (Å²) in [6.45, 7) is 6.22. The van der Waals surface area contributed by atoms with E-state index in [0.29, 0.717) is 17.9 Å². The Morgan fingerprint density at radius 2 is 2.05 bits per heavy atom. The number of aromatic nitrogens is 2. The molecule has 2 rings (SSSR count). The Kier molecular flexibility index (Phi) is 4.58. The van der Waals surface area contributed by atoms with E-state index in [9.17, 15) is 4.39 Å². The van der Waals surface area contributed by atoms with E-state index in [2.05, 4.69) is 29.1 Å². The van der Waals surface area contributed by atoms with Crippen molar-refractivity contribution in [2.75, 3.05) is 12.4 Å². The Labute approximate surface area is 120 Å². The topological polar surface area (TPSA) is 47.0 Å². The summed E-state index contributed by atoms with van der Waals surface area (Å²) in [4.78, 5) is 8.02. The lowest BCUT2D eigenvalue weighted by Crippen LogP contribution is -2.60. The first-order valence-electron chi connectivity index (χ1n) is 7.41. The van der Waals surface area contributed by atoms with Crippen LogP contribution in [0.25, 0.3) is 0 Å². The van der Waals surface area contributed by atoms with Crippen molar-refractivity contribution in [1.29, 1.82) is 0 Å². The van der Waals surface area contributed by atoms with Crippen molar-refractivity contribution in [2.45, 2.75) is 58.6 Å². The van der Waals surface area contributed by atoms with Crippen LogP contribution in [-0.4, -0.2) is 29.2 Å². The fraction of sp³-hybridized carbons (Fsp3) is 0.733. The number of nitrogens with one attached hydrogen (secondary N) is 1. The van der Waals surface area contributed by atoms with Crippen LogP contribution < -0.4 is 5.32 Å². The van der Waals surface area contributed by atoms with Crippen LogP contribution in [0.4, 0.5) is 10.2 Å². The molecule has 0 saturated heterocycles. The summed E-state index contributed by atoms with van der Waals surface area (Å²) in [7, 11) is 1.75. The normalized spacial score (nSPS) is 24.2. The lowest BCUT2D eigenvalue weighted by molar-refractivity contribution is -0.106. The summed E-state index contributed by atoms with van der Waals surface area (Å²) in [5.74, 6) is -0.000323. The van der Waals surface area contributed by atoms with Crippen molar-refractivity contribution in [1.82, 2.24) is 9.97 Å². The van der Waals surface area contributed by atoms with E-state index in [4.69, 9.17) is 4.74 Å². The number of hydrogen-bond donors (Lipinski definition) is 1. The van der Waals surface area contributed by atoms with Gasteiger partial charge in [0.05, 0.1) is 11.8 Å². The lowest BCUT2D eigenvalue weighted by Gasteiger charge is -2.55. The lowest BCUT2D eigenvalue weighted by atomic mass is 9.58. The van der Waals surface area contributed by atoms with Gasteiger partial charge in [0.15, 0.2) is 11.6 Å². The summed E-state index contributed by atoms with van der Waals surface area (Å²) in [6, 6.07) is 0.205. The van der Waals surface area contributed by atoms with E-state index in [1.54, 1.807) is 7.11 Å². The molecular weight excluding hydrogens is 257 g/mol. The van der Waals surface area contributed by atoms with Crippen molar-refractivity contribution < 1.29 is 9.13 Å². The van der Waals surface area contributed by atoms with Gasteiger partial charge in [-0.25, -0.2) is 14.4 Å². The van der Waals surface area contributed by atoms with Crippen LogP contribution in [0.1, 0.15) is 45.7 Å². The maximum Gasteiger partial charge on any atom is 0.186 e. The SMILES string of the molecule is CCc1ncnc(NC2CC(OC)C2(CC)CC)c1F. The molecule has 1 aromatic rings. The highest BCUT2D eigenvalue weighted by Gasteiger charge is 2.53. The molecule has 0 aliphatic heterocycles. The molecule has 0 spiro atoms. The summed E-state index contributed by atoms with van der Waals surface area (Å²) in [6.07, 6.45) is 5.14. The van der Waals surface area contributed by atoms with Crippen molar-refractivity contribution in [3.8, 4) is 0 Å². The van der Waals surface area contributed by atoms with Gasteiger partial charge >= 0.3 is 0 Å². The molecule has 0 bridgehead atoms. The zero-order valence-corrected chi connectivity index (χ0v) is 12.7. The first kappa shape index (κ1) is 15.2. The number of aryl methyl sites for hydroxylation is 1. The van der Waals surface area contributed by atoms with E-state index < -0.39 is 0 Å². The molecule has 112 valence electrons. The van der Waals surface area contributed by atoms with Gasteiger partial charge in [0, 0.05) is 18.6 Å². The summed E-state index contributed by atoms with van der Waals surface area (Å²) in [5.41, 5.74) is 0.530. The molecule has 2 unspecified atom stereocenters. The van der Waals surface area contributed by atoms with Gasteiger partial charge in [-0.1, -0.05) is 20.8 Å². The molecular formula is C15H24FN3O. The van der Waals surface area contributed by atoms with E-state index in [-0.39, 0.29) is 23.4 Å². The van der Waals surface area contributed by atoms with Gasteiger partial charge < -0.3 is 10.1 Å². The molecule has 0 aromatic carbocycles. The third-order valence-electron chi connectivity index (χ3n) is 4.89. The molecule has 1 saturated carbocycles. The van der Waals surface area contributed by atoms with Crippen LogP contribution in [0.5, 0.6) is 0 Å². The van der Waals surface area contributed by atoms with Crippen LogP contribution >= 0.6 is 0 Å². The minimum atomic E-state index is -0.322. The Balaban J connectivity index is 2.19. The Morgan fingerprint density at radius 3 is 2.60 bits per heavy atom. The molecule has 4 nitrogen and oxygen atoms in total. The fourth-order valence-corrected chi connectivity index (χ4v) is 3.40.